The maximum absolute atomic E-state index is 14.0. The summed E-state index contributed by atoms with van der Waals surface area (Å²) >= 11 is 0. The lowest BCUT2D eigenvalue weighted by atomic mass is 9.93. The van der Waals surface area contributed by atoms with Crippen molar-refractivity contribution >= 4 is 86.8 Å². The SMILES string of the molecule is CCCC(=O)NCCOCCC(=O)N(C)CCCN[C@@H](CC(C)C)C(=O)N[C@@H](C)C(=O)N[C@@H](CC(C)C)C(=O)Nc1ccc(C)cc1.CCOC(=O)N(C)CCN(C)C(=O)Oc1cc2c(c3c(C(=O)OC)c(C)[nH]c13)[C@H](CC)CN2C(=O)c1cc2cc(OC)ccc2o1. The molecular formula is C68H98N10O15. The summed E-state index contributed by atoms with van der Waals surface area (Å²) in [5, 5.41) is 15.8. The molecule has 0 spiro atoms. The number of ether oxygens (including phenoxy) is 5. The van der Waals surface area contributed by atoms with Gasteiger partial charge in [0, 0.05) is 94.4 Å². The van der Waals surface area contributed by atoms with Crippen molar-refractivity contribution in [2.45, 2.75) is 138 Å². The Bertz CT molecular complexity index is 3360. The first-order valence-corrected chi connectivity index (χ1v) is 32.0. The largest absolute Gasteiger partial charge is 0.497 e. The second-order valence-corrected chi connectivity index (χ2v) is 24.2. The molecule has 6 N–H and O–H groups in total. The van der Waals surface area contributed by atoms with Crippen LogP contribution in [0.1, 0.15) is 144 Å². The highest BCUT2D eigenvalue weighted by Crippen LogP contribution is 2.49. The molecule has 4 atom stereocenters. The average Bonchev–Trinajstić information content (AvgIpc) is 1.57. The minimum atomic E-state index is -0.848. The number of carbonyl (C=O) groups excluding carboxylic acids is 9. The molecule has 3 aromatic carbocycles. The third kappa shape index (κ3) is 21.7. The Morgan fingerprint density at radius 1 is 0.742 bits per heavy atom. The Balaban J connectivity index is 0.000000337. The number of methoxy groups -OCH3 is 2. The van der Waals surface area contributed by atoms with Crippen LogP contribution >= 0.6 is 0 Å². The van der Waals surface area contributed by atoms with E-state index in [1.165, 1.54) is 16.9 Å². The zero-order valence-electron chi connectivity index (χ0n) is 56.9. The summed E-state index contributed by atoms with van der Waals surface area (Å²) in [6, 6.07) is 13.9. The number of furan rings is 1. The number of nitrogens with zero attached hydrogens (tertiary/aromatic N) is 4. The minimum absolute atomic E-state index is 0.000429. The molecule has 6 rings (SSSR count). The molecule has 0 fully saturated rings. The number of aromatic amines is 1. The normalized spacial score (nSPS) is 13.5. The third-order valence-electron chi connectivity index (χ3n) is 15.7. The van der Waals surface area contributed by atoms with Crippen LogP contribution in [0, 0.1) is 25.7 Å². The van der Waals surface area contributed by atoms with Crippen LogP contribution in [0.3, 0.4) is 0 Å². The fraction of sp³-hybridized carbons (Fsp3) is 0.544. The Labute approximate surface area is 546 Å². The number of fused-ring (bicyclic) bond motifs is 4. The topological polar surface area (TPSA) is 302 Å². The van der Waals surface area contributed by atoms with Gasteiger partial charge < -0.3 is 79.3 Å². The Morgan fingerprint density at radius 3 is 2.05 bits per heavy atom. The number of H-pyrrole nitrogens is 1. The molecule has 2 aromatic heterocycles. The maximum Gasteiger partial charge on any atom is 0.415 e. The summed E-state index contributed by atoms with van der Waals surface area (Å²) in [5.41, 5.74) is 4.81. The molecule has 25 heteroatoms. The number of nitrogens with one attached hydrogen (secondary N) is 6. The second kappa shape index (κ2) is 36.5. The highest BCUT2D eigenvalue weighted by atomic mass is 16.6. The predicted octanol–water partition coefficient (Wildman–Crippen LogP) is 8.84. The van der Waals surface area contributed by atoms with E-state index >= 15 is 0 Å². The molecular weight excluding hydrogens is 1200 g/mol. The minimum Gasteiger partial charge on any atom is -0.497 e. The Morgan fingerprint density at radius 2 is 1.42 bits per heavy atom. The zero-order valence-corrected chi connectivity index (χ0v) is 56.9. The third-order valence-corrected chi connectivity index (χ3v) is 15.7. The highest BCUT2D eigenvalue weighted by Gasteiger charge is 2.39. The van der Waals surface area contributed by atoms with Gasteiger partial charge in [-0.25, -0.2) is 14.4 Å². The van der Waals surface area contributed by atoms with Crippen molar-refractivity contribution in [2.24, 2.45) is 11.8 Å². The second-order valence-electron chi connectivity index (χ2n) is 24.2. The Hall–Kier alpha value is -8.71. The maximum atomic E-state index is 14.0. The van der Waals surface area contributed by atoms with E-state index in [4.69, 9.17) is 28.1 Å². The van der Waals surface area contributed by atoms with Crippen molar-refractivity contribution < 1.29 is 71.3 Å². The first-order chi connectivity index (χ1) is 44.2. The molecule has 0 radical (unpaired) electrons. The number of anilines is 2. The molecule has 0 unspecified atom stereocenters. The summed E-state index contributed by atoms with van der Waals surface area (Å²) in [6.45, 7) is 22.0. The fourth-order valence-corrected chi connectivity index (χ4v) is 10.5. The van der Waals surface area contributed by atoms with E-state index in [0.29, 0.717) is 115 Å². The van der Waals surface area contributed by atoms with Crippen molar-refractivity contribution in [2.75, 3.05) is 105 Å². The van der Waals surface area contributed by atoms with Gasteiger partial charge in [0.25, 0.3) is 5.91 Å². The lowest BCUT2D eigenvalue weighted by Crippen LogP contribution is -2.55. The number of aryl methyl sites for hydroxylation is 2. The van der Waals surface area contributed by atoms with Gasteiger partial charge in [-0.2, -0.15) is 0 Å². The lowest BCUT2D eigenvalue weighted by molar-refractivity contribution is -0.132. The molecule has 0 saturated heterocycles. The van der Waals surface area contributed by atoms with Gasteiger partial charge in [0.05, 0.1) is 63.3 Å². The standard InChI is InChI=1S/C35H60N6O6.C33H38N4O9/c1-9-11-31(42)37-18-21-47-20-16-32(43)41(8)19-10-17-36-29(22-24(2)3)34(45)38-27(7)33(44)40-30(23-25(4)5)35(46)39-28-14-12-26(6)13-15-28;1-8-19-17-37(30(38)25-15-20-14-21(42-6)10-11-23(20)45-25)22-16-24(29-28(27(19)22)26(18(3)34-29)31(39)43-7)46-33(41)36(5)13-12-35(4)32(40)44-9-2/h12-15,24-25,27,29-30,36H,9-11,16-23H2,1-8H3,(H,37,42)(H,38,45)(H,39,46)(H,40,44);10-11,14-16,19,34H,8-9,12-13,17H2,1-7H3/t27-,29-,30-;19-/m01/s1. The number of carbonyl (C=O) groups is 9. The number of aromatic nitrogens is 1. The first kappa shape index (κ1) is 75.0. The van der Waals surface area contributed by atoms with E-state index in [1.807, 2.05) is 72.7 Å². The quantitative estimate of drug-likeness (QED) is 0.0173. The molecule has 8 amide bonds. The number of hydrogen-bond acceptors (Lipinski definition) is 16. The van der Waals surface area contributed by atoms with Crippen molar-refractivity contribution in [1.29, 1.82) is 0 Å². The number of esters is 1. The first-order valence-electron chi connectivity index (χ1n) is 32.0. The average molecular weight is 1300 g/mol. The number of likely N-dealkylation sites (N-methyl/N-ethyl adjacent to an activating group) is 2. The van der Waals surface area contributed by atoms with Gasteiger partial charge in [-0.05, 0) is 120 Å². The van der Waals surface area contributed by atoms with Crippen LogP contribution in [0.15, 0.2) is 59.0 Å². The van der Waals surface area contributed by atoms with E-state index in [1.54, 1.807) is 89.2 Å². The summed E-state index contributed by atoms with van der Waals surface area (Å²) in [4.78, 5) is 125. The molecule has 1 aliphatic heterocycles. The number of hydrogen-bond donors (Lipinski definition) is 6. The lowest BCUT2D eigenvalue weighted by Gasteiger charge is -2.25. The van der Waals surface area contributed by atoms with E-state index in [0.717, 1.165) is 17.5 Å². The fourth-order valence-electron chi connectivity index (χ4n) is 10.5. The van der Waals surface area contributed by atoms with Crippen LogP contribution in [0.5, 0.6) is 11.5 Å². The monoisotopic (exact) mass is 1290 g/mol. The van der Waals surface area contributed by atoms with Crippen LogP contribution in [0.4, 0.5) is 21.0 Å². The molecule has 25 nitrogen and oxygen atoms in total. The van der Waals surface area contributed by atoms with Gasteiger partial charge in [-0.3, -0.25) is 28.8 Å². The van der Waals surface area contributed by atoms with Crippen LogP contribution < -0.4 is 41.0 Å². The van der Waals surface area contributed by atoms with Crippen LogP contribution in [0.2, 0.25) is 0 Å². The van der Waals surface area contributed by atoms with Crippen molar-refractivity contribution in [3.63, 3.8) is 0 Å². The van der Waals surface area contributed by atoms with Gasteiger partial charge in [0.15, 0.2) is 11.5 Å². The summed E-state index contributed by atoms with van der Waals surface area (Å²) < 4.78 is 32.8. The summed E-state index contributed by atoms with van der Waals surface area (Å²) in [7, 11) is 7.72. The smallest absolute Gasteiger partial charge is 0.415 e. The molecule has 0 aliphatic carbocycles. The molecule has 5 aromatic rings. The summed E-state index contributed by atoms with van der Waals surface area (Å²) in [5.74, 6) is -0.856. The van der Waals surface area contributed by atoms with Crippen molar-refractivity contribution in [1.82, 2.24) is 41.0 Å². The summed E-state index contributed by atoms with van der Waals surface area (Å²) in [6.07, 6.45) is 2.67. The number of amides is 8. The van der Waals surface area contributed by atoms with Crippen LogP contribution in [0.25, 0.3) is 21.9 Å². The molecule has 510 valence electrons. The van der Waals surface area contributed by atoms with Crippen LogP contribution in [-0.2, 0) is 38.2 Å². The zero-order chi connectivity index (χ0) is 68.6. The van der Waals surface area contributed by atoms with E-state index in [9.17, 15) is 43.2 Å². The molecule has 3 heterocycles. The molecule has 0 saturated carbocycles. The highest BCUT2D eigenvalue weighted by molar-refractivity contribution is 6.15. The molecule has 93 heavy (non-hydrogen) atoms. The van der Waals surface area contributed by atoms with Gasteiger partial charge in [-0.15, -0.1) is 0 Å². The molecule has 1 aliphatic rings. The van der Waals surface area contributed by atoms with Gasteiger partial charge in [-0.1, -0.05) is 59.2 Å². The molecule has 0 bridgehead atoms. The van der Waals surface area contributed by atoms with Crippen molar-refractivity contribution in [3.8, 4) is 11.5 Å². The van der Waals surface area contributed by atoms with E-state index in [-0.39, 0.29) is 91.5 Å². The van der Waals surface area contributed by atoms with Gasteiger partial charge in [0.1, 0.15) is 23.4 Å². The van der Waals surface area contributed by atoms with E-state index in [2.05, 4.69) is 31.6 Å². The van der Waals surface area contributed by atoms with Gasteiger partial charge in [0.2, 0.25) is 29.5 Å². The predicted molar refractivity (Wildman–Crippen MR) is 356 cm³/mol. The van der Waals surface area contributed by atoms with Crippen molar-refractivity contribution in [3.05, 3.63) is 82.7 Å². The number of benzene rings is 3. The Kier molecular flexibility index (Phi) is 29.4. The van der Waals surface area contributed by atoms with E-state index < -0.39 is 42.2 Å². The van der Waals surface area contributed by atoms with Crippen LogP contribution in [-0.4, -0.2) is 186 Å². The number of rotatable bonds is 32. The van der Waals surface area contributed by atoms with Gasteiger partial charge >= 0.3 is 18.2 Å².